The van der Waals surface area contributed by atoms with Crippen molar-refractivity contribution in [3.63, 3.8) is 0 Å². The van der Waals surface area contributed by atoms with Crippen LogP contribution in [-0.4, -0.2) is 35.1 Å². The summed E-state index contributed by atoms with van der Waals surface area (Å²) in [6.07, 6.45) is 2.04. The first-order valence-electron chi connectivity index (χ1n) is 6.48. The number of nitrogens with zero attached hydrogens (tertiary/aromatic N) is 2. The molecule has 0 aromatic carbocycles. The molecular formula is C13H24ClN3S. The number of nitrogens with one attached hydrogen (secondary N) is 1. The van der Waals surface area contributed by atoms with Gasteiger partial charge in [-0.3, -0.25) is 4.90 Å². The van der Waals surface area contributed by atoms with Crippen LogP contribution in [-0.2, 0) is 6.54 Å². The van der Waals surface area contributed by atoms with E-state index in [4.69, 9.17) is 0 Å². The molecule has 0 aliphatic carbocycles. The standard InChI is InChI=1S/C13H23N3S.ClH/c1-9(2)12-6-15-13(17-12)8-16-7-10(3)14-5-11(16)4;/h6,9-11,14H,5,7-8H2,1-4H3;1H. The Balaban J connectivity index is 0.00000162. The summed E-state index contributed by atoms with van der Waals surface area (Å²) in [5.74, 6) is 0.598. The lowest BCUT2D eigenvalue weighted by molar-refractivity contribution is 0.138. The Kier molecular flexibility index (Phi) is 6.05. The Morgan fingerprint density at radius 1 is 1.50 bits per heavy atom. The number of rotatable bonds is 3. The molecule has 0 spiro atoms. The molecule has 1 saturated heterocycles. The number of thiazole rings is 1. The van der Waals surface area contributed by atoms with Crippen molar-refractivity contribution in [1.82, 2.24) is 15.2 Å². The Morgan fingerprint density at radius 2 is 2.22 bits per heavy atom. The molecule has 1 fully saturated rings. The molecule has 104 valence electrons. The van der Waals surface area contributed by atoms with E-state index in [0.29, 0.717) is 18.0 Å². The highest BCUT2D eigenvalue weighted by Crippen LogP contribution is 2.23. The average Bonchev–Trinajstić information content (AvgIpc) is 2.72. The maximum absolute atomic E-state index is 4.55. The molecular weight excluding hydrogens is 266 g/mol. The summed E-state index contributed by atoms with van der Waals surface area (Å²) in [6.45, 7) is 12.2. The Morgan fingerprint density at radius 3 is 2.83 bits per heavy atom. The van der Waals surface area contributed by atoms with Crippen molar-refractivity contribution in [3.8, 4) is 0 Å². The molecule has 0 amide bonds. The van der Waals surface area contributed by atoms with Gasteiger partial charge >= 0.3 is 0 Å². The van der Waals surface area contributed by atoms with Gasteiger partial charge in [0.05, 0.1) is 6.54 Å². The molecule has 3 nitrogen and oxygen atoms in total. The van der Waals surface area contributed by atoms with E-state index in [1.807, 2.05) is 17.5 Å². The number of halogens is 1. The number of hydrogen-bond acceptors (Lipinski definition) is 4. The lowest BCUT2D eigenvalue weighted by Crippen LogP contribution is -2.53. The number of piperazine rings is 1. The Bertz CT molecular complexity index is 367. The number of aromatic nitrogens is 1. The van der Waals surface area contributed by atoms with Gasteiger partial charge in [0.25, 0.3) is 0 Å². The molecule has 1 N–H and O–H groups in total. The molecule has 0 saturated carbocycles. The number of hydrogen-bond donors (Lipinski definition) is 1. The second-order valence-corrected chi connectivity index (χ2v) is 6.55. The smallest absolute Gasteiger partial charge is 0.107 e. The first kappa shape index (κ1) is 15.9. The zero-order valence-electron chi connectivity index (χ0n) is 11.6. The Hall–Kier alpha value is -0.160. The van der Waals surface area contributed by atoms with E-state index in [2.05, 4.69) is 42.9 Å². The second-order valence-electron chi connectivity index (χ2n) is 5.40. The zero-order valence-corrected chi connectivity index (χ0v) is 13.3. The lowest BCUT2D eigenvalue weighted by Gasteiger charge is -2.36. The molecule has 1 aliphatic heterocycles. The first-order chi connectivity index (χ1) is 8.06. The molecule has 2 atom stereocenters. The van der Waals surface area contributed by atoms with E-state index < -0.39 is 0 Å². The predicted molar refractivity (Wildman–Crippen MR) is 80.8 cm³/mol. The molecule has 1 aromatic rings. The summed E-state index contributed by atoms with van der Waals surface area (Å²) in [5, 5.41) is 4.77. The van der Waals surface area contributed by atoms with Crippen molar-refractivity contribution < 1.29 is 0 Å². The fourth-order valence-electron chi connectivity index (χ4n) is 2.16. The second kappa shape index (κ2) is 6.85. The summed E-state index contributed by atoms with van der Waals surface area (Å²) >= 11 is 1.86. The summed E-state index contributed by atoms with van der Waals surface area (Å²) in [5.41, 5.74) is 0. The van der Waals surface area contributed by atoms with Gasteiger partial charge in [0.1, 0.15) is 5.01 Å². The van der Waals surface area contributed by atoms with Crippen LogP contribution in [0.5, 0.6) is 0 Å². The molecule has 18 heavy (non-hydrogen) atoms. The molecule has 0 bridgehead atoms. The van der Waals surface area contributed by atoms with Crippen LogP contribution in [0.1, 0.15) is 43.5 Å². The summed E-state index contributed by atoms with van der Waals surface area (Å²) in [4.78, 5) is 8.48. The van der Waals surface area contributed by atoms with Crippen LogP contribution in [0, 0.1) is 0 Å². The molecule has 1 aromatic heterocycles. The van der Waals surface area contributed by atoms with Crippen LogP contribution in [0.4, 0.5) is 0 Å². The highest BCUT2D eigenvalue weighted by Gasteiger charge is 2.23. The van der Waals surface area contributed by atoms with Crippen molar-refractivity contribution in [3.05, 3.63) is 16.1 Å². The van der Waals surface area contributed by atoms with Crippen molar-refractivity contribution in [1.29, 1.82) is 0 Å². The van der Waals surface area contributed by atoms with Crippen molar-refractivity contribution >= 4 is 23.7 Å². The normalized spacial score (nSPS) is 25.2. The minimum Gasteiger partial charge on any atom is -0.311 e. The fourth-order valence-corrected chi connectivity index (χ4v) is 3.10. The first-order valence-corrected chi connectivity index (χ1v) is 7.30. The highest BCUT2D eigenvalue weighted by atomic mass is 35.5. The van der Waals surface area contributed by atoms with Gasteiger partial charge in [-0.2, -0.15) is 0 Å². The van der Waals surface area contributed by atoms with Gasteiger partial charge in [-0.05, 0) is 19.8 Å². The van der Waals surface area contributed by atoms with Crippen molar-refractivity contribution in [2.45, 2.75) is 52.2 Å². The van der Waals surface area contributed by atoms with Crippen molar-refractivity contribution in [2.24, 2.45) is 0 Å². The third-order valence-corrected chi connectivity index (χ3v) is 4.65. The van der Waals surface area contributed by atoms with Crippen LogP contribution in [0.15, 0.2) is 6.20 Å². The molecule has 0 radical (unpaired) electrons. The van der Waals surface area contributed by atoms with E-state index in [9.17, 15) is 0 Å². The van der Waals surface area contributed by atoms with Gasteiger partial charge in [-0.25, -0.2) is 4.98 Å². The van der Waals surface area contributed by atoms with E-state index in [1.165, 1.54) is 9.88 Å². The average molecular weight is 290 g/mol. The maximum atomic E-state index is 4.55. The van der Waals surface area contributed by atoms with Crippen molar-refractivity contribution in [2.75, 3.05) is 13.1 Å². The minimum absolute atomic E-state index is 0. The molecule has 1 aliphatic rings. The van der Waals surface area contributed by atoms with Gasteiger partial charge in [-0.15, -0.1) is 23.7 Å². The molecule has 2 unspecified atom stereocenters. The predicted octanol–water partition coefficient (Wildman–Crippen LogP) is 2.87. The zero-order chi connectivity index (χ0) is 12.4. The Labute approximate surface area is 120 Å². The quantitative estimate of drug-likeness (QED) is 0.927. The van der Waals surface area contributed by atoms with Crippen LogP contribution in [0.3, 0.4) is 0 Å². The summed E-state index contributed by atoms with van der Waals surface area (Å²) < 4.78 is 0. The van der Waals surface area contributed by atoms with E-state index in [-0.39, 0.29) is 12.4 Å². The van der Waals surface area contributed by atoms with Gasteiger partial charge in [-0.1, -0.05) is 13.8 Å². The molecule has 2 rings (SSSR count). The van der Waals surface area contributed by atoms with Gasteiger partial charge in [0.15, 0.2) is 0 Å². The largest absolute Gasteiger partial charge is 0.311 e. The van der Waals surface area contributed by atoms with Gasteiger partial charge < -0.3 is 5.32 Å². The minimum atomic E-state index is 0. The lowest BCUT2D eigenvalue weighted by atomic mass is 10.1. The maximum Gasteiger partial charge on any atom is 0.107 e. The van der Waals surface area contributed by atoms with E-state index >= 15 is 0 Å². The van der Waals surface area contributed by atoms with Crippen LogP contribution >= 0.6 is 23.7 Å². The van der Waals surface area contributed by atoms with Gasteiger partial charge in [0.2, 0.25) is 0 Å². The molecule has 2 heterocycles. The SMILES string of the molecule is CC1CN(Cc2ncc(C(C)C)s2)C(C)CN1.Cl. The fraction of sp³-hybridized carbons (Fsp3) is 0.769. The summed E-state index contributed by atoms with van der Waals surface area (Å²) in [7, 11) is 0. The van der Waals surface area contributed by atoms with Crippen LogP contribution < -0.4 is 5.32 Å². The topological polar surface area (TPSA) is 28.2 Å². The van der Waals surface area contributed by atoms with E-state index in [1.54, 1.807) is 0 Å². The molecule has 5 heteroatoms. The van der Waals surface area contributed by atoms with Gasteiger partial charge in [0, 0.05) is 36.2 Å². The van der Waals surface area contributed by atoms with Crippen LogP contribution in [0.2, 0.25) is 0 Å². The third kappa shape index (κ3) is 3.92. The third-order valence-electron chi connectivity index (χ3n) is 3.37. The summed E-state index contributed by atoms with van der Waals surface area (Å²) in [6, 6.07) is 1.20. The van der Waals surface area contributed by atoms with E-state index in [0.717, 1.165) is 19.6 Å². The monoisotopic (exact) mass is 289 g/mol. The highest BCUT2D eigenvalue weighted by molar-refractivity contribution is 7.11. The van der Waals surface area contributed by atoms with Crippen LogP contribution in [0.25, 0.3) is 0 Å².